The van der Waals surface area contributed by atoms with Crippen LogP contribution in [0.2, 0.25) is 0 Å². The molecule has 3 nitrogen and oxygen atoms in total. The lowest BCUT2D eigenvalue weighted by Crippen LogP contribution is -2.04. The van der Waals surface area contributed by atoms with Crippen molar-refractivity contribution in [3.8, 4) is 11.5 Å². The number of anilines is 1. The second kappa shape index (κ2) is 9.79. The molecule has 0 amide bonds. The Hall–Kier alpha value is -2.53. The van der Waals surface area contributed by atoms with Gasteiger partial charge in [0.05, 0.1) is 11.1 Å². The normalized spacial score (nSPS) is 10.7. The third-order valence-electron chi connectivity index (χ3n) is 4.53. The summed E-state index contributed by atoms with van der Waals surface area (Å²) in [5.41, 5.74) is 5.54. The number of ether oxygens (including phenoxy) is 2. The molecule has 0 spiro atoms. The van der Waals surface area contributed by atoms with E-state index in [-0.39, 0.29) is 5.82 Å². The number of aryl methyl sites for hydroxylation is 2. The zero-order valence-electron chi connectivity index (χ0n) is 16.9. The molecule has 3 rings (SSSR count). The molecule has 3 aromatic carbocycles. The van der Waals surface area contributed by atoms with Crippen LogP contribution in [0.5, 0.6) is 11.5 Å². The first-order valence-corrected chi connectivity index (χ1v) is 10.4. The molecule has 152 valence electrons. The van der Waals surface area contributed by atoms with Crippen molar-refractivity contribution in [3.05, 3.63) is 87.1 Å². The maximum atomic E-state index is 13.1. The van der Waals surface area contributed by atoms with E-state index in [9.17, 15) is 4.39 Å². The van der Waals surface area contributed by atoms with Gasteiger partial charge in [-0.25, -0.2) is 4.39 Å². The largest absolute Gasteiger partial charge is 0.490 e. The van der Waals surface area contributed by atoms with Crippen molar-refractivity contribution < 1.29 is 13.9 Å². The molecule has 0 saturated carbocycles. The van der Waals surface area contributed by atoms with E-state index >= 15 is 0 Å². The summed E-state index contributed by atoms with van der Waals surface area (Å²) in [4.78, 5) is 0. The van der Waals surface area contributed by atoms with Gasteiger partial charge in [-0.05, 0) is 83.7 Å². The Labute approximate surface area is 180 Å². The number of benzene rings is 3. The number of nitrogens with one attached hydrogen (secondary N) is 1. The number of hydrogen-bond acceptors (Lipinski definition) is 3. The van der Waals surface area contributed by atoms with Gasteiger partial charge in [0, 0.05) is 12.2 Å². The Balaban J connectivity index is 1.75. The lowest BCUT2D eigenvalue weighted by molar-refractivity contribution is 0.267. The van der Waals surface area contributed by atoms with Gasteiger partial charge in [0.2, 0.25) is 0 Å². The van der Waals surface area contributed by atoms with Gasteiger partial charge in [0.15, 0.2) is 11.5 Å². The maximum absolute atomic E-state index is 13.1. The summed E-state index contributed by atoms with van der Waals surface area (Å²) < 4.78 is 25.7. The van der Waals surface area contributed by atoms with Crippen LogP contribution < -0.4 is 14.8 Å². The Kier molecular flexibility index (Phi) is 7.15. The first-order valence-electron chi connectivity index (χ1n) is 9.60. The highest BCUT2D eigenvalue weighted by Crippen LogP contribution is 2.37. The molecule has 1 N–H and O–H groups in total. The van der Waals surface area contributed by atoms with Crippen LogP contribution in [0.3, 0.4) is 0 Å². The summed E-state index contributed by atoms with van der Waals surface area (Å²) in [6.07, 6.45) is 0. The van der Waals surface area contributed by atoms with E-state index in [0.717, 1.165) is 21.3 Å². The number of rotatable bonds is 8. The average Bonchev–Trinajstić information content (AvgIpc) is 2.68. The van der Waals surface area contributed by atoms with Gasteiger partial charge in [-0.2, -0.15) is 0 Å². The van der Waals surface area contributed by atoms with E-state index in [1.165, 1.54) is 23.3 Å². The molecular formula is C24H25BrFNO2. The predicted molar refractivity (Wildman–Crippen MR) is 119 cm³/mol. The summed E-state index contributed by atoms with van der Waals surface area (Å²) >= 11 is 3.61. The van der Waals surface area contributed by atoms with E-state index in [1.54, 1.807) is 12.1 Å². The lowest BCUT2D eigenvalue weighted by atomic mass is 10.1. The Morgan fingerprint density at radius 2 is 1.69 bits per heavy atom. The van der Waals surface area contributed by atoms with Gasteiger partial charge < -0.3 is 14.8 Å². The predicted octanol–water partition coefficient (Wildman–Crippen LogP) is 6.79. The van der Waals surface area contributed by atoms with Crippen LogP contribution in [0.1, 0.15) is 29.2 Å². The molecule has 0 radical (unpaired) electrons. The summed E-state index contributed by atoms with van der Waals surface area (Å²) in [5.74, 6) is 1.07. The van der Waals surface area contributed by atoms with Crippen LogP contribution >= 0.6 is 15.9 Å². The third-order valence-corrected chi connectivity index (χ3v) is 5.12. The van der Waals surface area contributed by atoms with E-state index < -0.39 is 0 Å². The molecule has 3 aromatic rings. The minimum atomic E-state index is -0.259. The quantitative estimate of drug-likeness (QED) is 0.403. The van der Waals surface area contributed by atoms with Crippen LogP contribution in [0.4, 0.5) is 10.1 Å². The minimum absolute atomic E-state index is 0.259. The fourth-order valence-corrected chi connectivity index (χ4v) is 3.68. The Morgan fingerprint density at radius 3 is 2.38 bits per heavy atom. The average molecular weight is 458 g/mol. The molecule has 0 aliphatic heterocycles. The van der Waals surface area contributed by atoms with Crippen molar-refractivity contribution in [2.45, 2.75) is 33.9 Å². The highest BCUT2D eigenvalue weighted by Gasteiger charge is 2.13. The van der Waals surface area contributed by atoms with Crippen molar-refractivity contribution in [2.24, 2.45) is 0 Å². The van der Waals surface area contributed by atoms with Crippen molar-refractivity contribution in [2.75, 3.05) is 11.9 Å². The van der Waals surface area contributed by atoms with Gasteiger partial charge in [-0.1, -0.05) is 29.8 Å². The molecule has 0 fully saturated rings. The van der Waals surface area contributed by atoms with Crippen LogP contribution in [0.15, 0.2) is 59.1 Å². The molecule has 0 unspecified atom stereocenters. The van der Waals surface area contributed by atoms with Crippen LogP contribution in [-0.2, 0) is 13.2 Å². The first kappa shape index (κ1) is 21.2. The Morgan fingerprint density at radius 1 is 0.931 bits per heavy atom. The van der Waals surface area contributed by atoms with Gasteiger partial charge >= 0.3 is 0 Å². The fraction of sp³-hybridized carbons (Fsp3) is 0.250. The van der Waals surface area contributed by atoms with E-state index in [1.807, 2.05) is 19.1 Å². The van der Waals surface area contributed by atoms with Crippen molar-refractivity contribution in [1.29, 1.82) is 0 Å². The molecule has 0 atom stereocenters. The van der Waals surface area contributed by atoms with Gasteiger partial charge in [0.25, 0.3) is 0 Å². The van der Waals surface area contributed by atoms with E-state index in [4.69, 9.17) is 9.47 Å². The monoisotopic (exact) mass is 457 g/mol. The molecule has 29 heavy (non-hydrogen) atoms. The summed E-state index contributed by atoms with van der Waals surface area (Å²) in [7, 11) is 0. The Bertz CT molecular complexity index is 973. The fourth-order valence-electron chi connectivity index (χ4n) is 3.07. The number of hydrogen-bond donors (Lipinski definition) is 1. The SMILES string of the molecule is CCOc1cc(CNc2ccc(C)cc2C)cc(Br)c1OCc1ccc(F)cc1. The molecule has 0 heterocycles. The zero-order valence-corrected chi connectivity index (χ0v) is 18.5. The molecule has 5 heteroatoms. The van der Waals surface area contributed by atoms with Gasteiger partial charge in [-0.3, -0.25) is 0 Å². The molecule has 0 aliphatic carbocycles. The molecule has 0 aromatic heterocycles. The standard InChI is InChI=1S/C24H25BrFNO2/c1-4-28-23-13-19(14-27-22-10-5-16(2)11-17(22)3)12-21(25)24(23)29-15-18-6-8-20(26)9-7-18/h5-13,27H,4,14-15H2,1-3H3. The van der Waals surface area contributed by atoms with E-state index in [0.29, 0.717) is 31.3 Å². The lowest BCUT2D eigenvalue weighted by Gasteiger charge is -2.16. The van der Waals surface area contributed by atoms with Crippen LogP contribution in [-0.4, -0.2) is 6.61 Å². The molecule has 0 bridgehead atoms. The second-order valence-corrected chi connectivity index (χ2v) is 7.78. The molecule has 0 aliphatic rings. The van der Waals surface area contributed by atoms with Gasteiger partial charge in [-0.15, -0.1) is 0 Å². The molecule has 0 saturated heterocycles. The second-order valence-electron chi connectivity index (χ2n) is 6.92. The summed E-state index contributed by atoms with van der Waals surface area (Å²) in [5, 5.41) is 3.48. The van der Waals surface area contributed by atoms with Crippen molar-refractivity contribution in [3.63, 3.8) is 0 Å². The van der Waals surface area contributed by atoms with Crippen LogP contribution in [0, 0.1) is 19.7 Å². The van der Waals surface area contributed by atoms with Gasteiger partial charge in [0.1, 0.15) is 12.4 Å². The smallest absolute Gasteiger partial charge is 0.175 e. The molecular weight excluding hydrogens is 433 g/mol. The zero-order chi connectivity index (χ0) is 20.8. The first-order chi connectivity index (χ1) is 14.0. The highest BCUT2D eigenvalue weighted by atomic mass is 79.9. The topological polar surface area (TPSA) is 30.5 Å². The maximum Gasteiger partial charge on any atom is 0.175 e. The van der Waals surface area contributed by atoms with Crippen molar-refractivity contribution in [1.82, 2.24) is 0 Å². The van der Waals surface area contributed by atoms with E-state index in [2.05, 4.69) is 53.3 Å². The minimum Gasteiger partial charge on any atom is -0.490 e. The summed E-state index contributed by atoms with van der Waals surface area (Å²) in [6.45, 7) is 7.67. The van der Waals surface area contributed by atoms with Crippen LogP contribution in [0.25, 0.3) is 0 Å². The summed E-state index contributed by atoms with van der Waals surface area (Å²) in [6, 6.07) is 16.7. The van der Waals surface area contributed by atoms with Crippen molar-refractivity contribution >= 4 is 21.6 Å². The third kappa shape index (κ3) is 5.73. The number of halogens is 2. The highest BCUT2D eigenvalue weighted by molar-refractivity contribution is 9.10.